The van der Waals surface area contributed by atoms with Gasteiger partial charge in [0.1, 0.15) is 11.3 Å². The molecule has 21 heavy (non-hydrogen) atoms. The molecule has 0 radical (unpaired) electrons. The topological polar surface area (TPSA) is 87.7 Å². The van der Waals surface area contributed by atoms with E-state index in [0.717, 1.165) is 0 Å². The number of ether oxygens (including phenoxy) is 1. The number of carboxylic acid groups (broad SMARTS) is 1. The Morgan fingerprint density at radius 2 is 2.10 bits per heavy atom. The number of hydrogen-bond acceptors (Lipinski definition) is 4. The van der Waals surface area contributed by atoms with E-state index < -0.39 is 11.5 Å². The number of benzene rings is 1. The van der Waals surface area contributed by atoms with Gasteiger partial charge in [-0.05, 0) is 25.5 Å². The SMILES string of the molecule is CCCC(C)(NCC(=O)Nc1cccc(OC)c1)C(=O)O. The molecule has 1 aromatic rings. The summed E-state index contributed by atoms with van der Waals surface area (Å²) in [5.41, 5.74) is -0.492. The van der Waals surface area contributed by atoms with Gasteiger partial charge in [-0.3, -0.25) is 14.9 Å². The average Bonchev–Trinajstić information content (AvgIpc) is 2.45. The Morgan fingerprint density at radius 1 is 1.38 bits per heavy atom. The van der Waals surface area contributed by atoms with Crippen molar-refractivity contribution in [3.8, 4) is 5.75 Å². The summed E-state index contributed by atoms with van der Waals surface area (Å²) < 4.78 is 5.07. The van der Waals surface area contributed by atoms with Crippen molar-refractivity contribution >= 4 is 17.6 Å². The molecule has 0 bridgehead atoms. The zero-order valence-corrected chi connectivity index (χ0v) is 12.6. The Bertz CT molecular complexity index is 504. The summed E-state index contributed by atoms with van der Waals surface area (Å²) in [6, 6.07) is 6.97. The highest BCUT2D eigenvalue weighted by Crippen LogP contribution is 2.17. The molecule has 6 nitrogen and oxygen atoms in total. The summed E-state index contributed by atoms with van der Waals surface area (Å²) >= 11 is 0. The number of anilines is 1. The predicted molar refractivity (Wildman–Crippen MR) is 80.6 cm³/mol. The molecule has 1 rings (SSSR count). The molecule has 0 heterocycles. The Hall–Kier alpha value is -2.08. The minimum absolute atomic E-state index is 0.0694. The second-order valence-corrected chi connectivity index (χ2v) is 5.02. The summed E-state index contributed by atoms with van der Waals surface area (Å²) in [6.45, 7) is 3.41. The molecule has 0 saturated heterocycles. The van der Waals surface area contributed by atoms with Crippen molar-refractivity contribution in [2.75, 3.05) is 19.0 Å². The maximum Gasteiger partial charge on any atom is 0.323 e. The number of carbonyl (C=O) groups excluding carboxylic acids is 1. The molecular formula is C15H22N2O4. The van der Waals surface area contributed by atoms with Crippen molar-refractivity contribution in [2.45, 2.75) is 32.2 Å². The number of amides is 1. The number of aliphatic carboxylic acids is 1. The summed E-state index contributed by atoms with van der Waals surface area (Å²) in [7, 11) is 1.55. The van der Waals surface area contributed by atoms with Crippen LogP contribution in [0.3, 0.4) is 0 Å². The predicted octanol–water partition coefficient (Wildman–Crippen LogP) is 1.87. The largest absolute Gasteiger partial charge is 0.497 e. The van der Waals surface area contributed by atoms with Gasteiger partial charge in [0.15, 0.2) is 0 Å². The van der Waals surface area contributed by atoms with E-state index in [1.807, 2.05) is 6.92 Å². The van der Waals surface area contributed by atoms with Gasteiger partial charge in [-0.25, -0.2) is 0 Å². The quantitative estimate of drug-likeness (QED) is 0.681. The summed E-state index contributed by atoms with van der Waals surface area (Å²) in [5.74, 6) is -0.618. The van der Waals surface area contributed by atoms with Crippen LogP contribution in [0.25, 0.3) is 0 Å². The lowest BCUT2D eigenvalue weighted by Crippen LogP contribution is -2.51. The molecule has 1 aromatic carbocycles. The first-order valence-electron chi connectivity index (χ1n) is 6.83. The second kappa shape index (κ2) is 7.64. The van der Waals surface area contributed by atoms with E-state index in [0.29, 0.717) is 24.3 Å². The molecule has 0 aliphatic rings. The van der Waals surface area contributed by atoms with Crippen LogP contribution in [0.5, 0.6) is 5.75 Å². The molecule has 1 amide bonds. The zero-order valence-electron chi connectivity index (χ0n) is 12.6. The van der Waals surface area contributed by atoms with E-state index in [2.05, 4.69) is 10.6 Å². The van der Waals surface area contributed by atoms with Crippen molar-refractivity contribution in [2.24, 2.45) is 0 Å². The highest BCUT2D eigenvalue weighted by molar-refractivity contribution is 5.93. The average molecular weight is 294 g/mol. The summed E-state index contributed by atoms with van der Waals surface area (Å²) in [4.78, 5) is 23.1. The van der Waals surface area contributed by atoms with Gasteiger partial charge in [0.2, 0.25) is 5.91 Å². The third kappa shape index (κ3) is 5.07. The van der Waals surface area contributed by atoms with E-state index >= 15 is 0 Å². The number of nitrogens with one attached hydrogen (secondary N) is 2. The van der Waals surface area contributed by atoms with E-state index in [9.17, 15) is 14.7 Å². The van der Waals surface area contributed by atoms with Crippen molar-refractivity contribution in [3.05, 3.63) is 24.3 Å². The highest BCUT2D eigenvalue weighted by Gasteiger charge is 2.31. The highest BCUT2D eigenvalue weighted by atomic mass is 16.5. The van der Waals surface area contributed by atoms with E-state index in [4.69, 9.17) is 4.74 Å². The van der Waals surface area contributed by atoms with Crippen molar-refractivity contribution in [3.63, 3.8) is 0 Å². The number of carbonyl (C=O) groups is 2. The van der Waals surface area contributed by atoms with Gasteiger partial charge in [-0.15, -0.1) is 0 Å². The van der Waals surface area contributed by atoms with Gasteiger partial charge in [-0.1, -0.05) is 19.4 Å². The molecule has 1 atom stereocenters. The van der Waals surface area contributed by atoms with Gasteiger partial charge in [0, 0.05) is 11.8 Å². The van der Waals surface area contributed by atoms with Crippen LogP contribution in [-0.2, 0) is 9.59 Å². The van der Waals surface area contributed by atoms with Crippen LogP contribution in [0.15, 0.2) is 24.3 Å². The first-order valence-corrected chi connectivity index (χ1v) is 6.83. The fourth-order valence-corrected chi connectivity index (χ4v) is 1.95. The first-order chi connectivity index (χ1) is 9.91. The molecule has 0 saturated carbocycles. The Kier molecular flexibility index (Phi) is 6.17. The number of rotatable bonds is 8. The van der Waals surface area contributed by atoms with Gasteiger partial charge >= 0.3 is 5.97 Å². The Morgan fingerprint density at radius 3 is 2.67 bits per heavy atom. The van der Waals surface area contributed by atoms with Crippen molar-refractivity contribution in [1.29, 1.82) is 0 Å². The molecule has 0 aliphatic carbocycles. The molecule has 0 fully saturated rings. The standard InChI is InChI=1S/C15H22N2O4/c1-4-8-15(2,14(19)20)16-10-13(18)17-11-6-5-7-12(9-11)21-3/h5-7,9,16H,4,8,10H2,1-3H3,(H,17,18)(H,19,20). The van der Waals surface area contributed by atoms with Crippen molar-refractivity contribution in [1.82, 2.24) is 5.32 Å². The van der Waals surface area contributed by atoms with Crippen LogP contribution in [0.2, 0.25) is 0 Å². The summed E-state index contributed by atoms with van der Waals surface area (Å²) in [6.07, 6.45) is 1.17. The normalized spacial score (nSPS) is 13.3. The van der Waals surface area contributed by atoms with Gasteiger partial charge in [-0.2, -0.15) is 0 Å². The minimum Gasteiger partial charge on any atom is -0.497 e. The number of hydrogen-bond donors (Lipinski definition) is 3. The first kappa shape index (κ1) is 17.0. The smallest absolute Gasteiger partial charge is 0.323 e. The monoisotopic (exact) mass is 294 g/mol. The molecular weight excluding hydrogens is 272 g/mol. The molecule has 0 spiro atoms. The molecule has 0 aliphatic heterocycles. The molecule has 116 valence electrons. The van der Waals surface area contributed by atoms with E-state index in [1.54, 1.807) is 38.3 Å². The fourth-order valence-electron chi connectivity index (χ4n) is 1.95. The van der Waals surface area contributed by atoms with Crippen LogP contribution in [0, 0.1) is 0 Å². The minimum atomic E-state index is -1.10. The Labute approximate surface area is 124 Å². The lowest BCUT2D eigenvalue weighted by Gasteiger charge is -2.25. The van der Waals surface area contributed by atoms with Gasteiger partial charge < -0.3 is 15.2 Å². The lowest BCUT2D eigenvalue weighted by molar-refractivity contribution is -0.144. The maximum atomic E-state index is 11.9. The van der Waals surface area contributed by atoms with Gasteiger partial charge in [0.05, 0.1) is 13.7 Å². The molecule has 6 heteroatoms. The number of methoxy groups -OCH3 is 1. The van der Waals surface area contributed by atoms with Crippen LogP contribution in [-0.4, -0.2) is 36.2 Å². The van der Waals surface area contributed by atoms with Crippen LogP contribution < -0.4 is 15.4 Å². The van der Waals surface area contributed by atoms with E-state index in [-0.39, 0.29) is 12.5 Å². The zero-order chi connectivity index (χ0) is 15.9. The molecule has 0 aromatic heterocycles. The lowest BCUT2D eigenvalue weighted by atomic mass is 9.96. The van der Waals surface area contributed by atoms with Crippen LogP contribution in [0.4, 0.5) is 5.69 Å². The maximum absolute atomic E-state index is 11.9. The van der Waals surface area contributed by atoms with Crippen molar-refractivity contribution < 1.29 is 19.4 Å². The third-order valence-electron chi connectivity index (χ3n) is 3.21. The second-order valence-electron chi connectivity index (χ2n) is 5.02. The number of carboxylic acids is 1. The molecule has 1 unspecified atom stereocenters. The van der Waals surface area contributed by atoms with Gasteiger partial charge in [0.25, 0.3) is 0 Å². The fraction of sp³-hybridized carbons (Fsp3) is 0.467. The Balaban J connectivity index is 2.58. The van der Waals surface area contributed by atoms with E-state index in [1.165, 1.54) is 0 Å². The van der Waals surface area contributed by atoms with Crippen LogP contribution >= 0.6 is 0 Å². The third-order valence-corrected chi connectivity index (χ3v) is 3.21. The summed E-state index contributed by atoms with van der Waals surface area (Å²) in [5, 5.41) is 14.7. The molecule has 3 N–H and O–H groups in total. The van der Waals surface area contributed by atoms with Crippen LogP contribution in [0.1, 0.15) is 26.7 Å².